The number of alkyl halides is 3. The number of amides is 1. The Morgan fingerprint density at radius 2 is 2.05 bits per heavy atom. The van der Waals surface area contributed by atoms with Gasteiger partial charge in [-0.2, -0.15) is 13.2 Å². The van der Waals surface area contributed by atoms with Crippen molar-refractivity contribution in [3.63, 3.8) is 0 Å². The van der Waals surface area contributed by atoms with E-state index >= 15 is 0 Å². The maximum Gasteiger partial charge on any atom is 0.416 e. The van der Waals surface area contributed by atoms with Crippen LogP contribution in [0.2, 0.25) is 0 Å². The number of benzene rings is 1. The van der Waals surface area contributed by atoms with Crippen LogP contribution in [0.25, 0.3) is 0 Å². The quantitative estimate of drug-likeness (QED) is 0.645. The molecule has 0 bridgehead atoms. The number of carbonyl (C=O) groups is 1. The first-order chi connectivity index (χ1) is 10.3. The summed E-state index contributed by atoms with van der Waals surface area (Å²) in [4.78, 5) is 12.0. The number of halogens is 3. The summed E-state index contributed by atoms with van der Waals surface area (Å²) in [5, 5.41) is 2.57. The summed E-state index contributed by atoms with van der Waals surface area (Å²) in [6, 6.07) is 4.84. The monoisotopic (exact) mass is 312 g/mol. The third-order valence-electron chi connectivity index (χ3n) is 2.90. The minimum atomic E-state index is -4.40. The van der Waals surface area contributed by atoms with Crippen LogP contribution in [0.5, 0.6) is 0 Å². The van der Waals surface area contributed by atoms with Gasteiger partial charge in [0.25, 0.3) is 5.91 Å². The van der Waals surface area contributed by atoms with Gasteiger partial charge >= 0.3 is 6.18 Å². The Kier molecular flexibility index (Phi) is 6.22. The Morgan fingerprint density at radius 1 is 1.36 bits per heavy atom. The number of allylic oxidation sites excluding steroid dienone is 2. The molecule has 0 aromatic heterocycles. The Bertz CT molecular complexity index is 585. The van der Waals surface area contributed by atoms with Gasteiger partial charge in [0, 0.05) is 12.2 Å². The number of nitrogens with two attached hydrogens (primary N) is 1. The van der Waals surface area contributed by atoms with Crippen LogP contribution in [-0.4, -0.2) is 5.91 Å². The van der Waals surface area contributed by atoms with Gasteiger partial charge in [-0.1, -0.05) is 31.2 Å². The van der Waals surface area contributed by atoms with Crippen LogP contribution < -0.4 is 11.1 Å². The van der Waals surface area contributed by atoms with E-state index in [2.05, 4.69) is 5.32 Å². The zero-order valence-corrected chi connectivity index (χ0v) is 12.5. The zero-order valence-electron chi connectivity index (χ0n) is 12.5. The molecule has 1 aromatic carbocycles. The third kappa shape index (κ3) is 5.27. The zero-order chi connectivity index (χ0) is 16.8. The Hall–Kier alpha value is -2.24. The molecule has 0 aliphatic heterocycles. The van der Waals surface area contributed by atoms with Gasteiger partial charge in [-0.15, -0.1) is 0 Å². The number of hydrogen-bond acceptors (Lipinski definition) is 2. The van der Waals surface area contributed by atoms with E-state index in [1.807, 2.05) is 6.92 Å². The predicted molar refractivity (Wildman–Crippen MR) is 79.6 cm³/mol. The standard InChI is InChI=1S/C16H19F3N2O/c1-3-4-8-14(11(2)20)15(22)21-10-12-6-5-7-13(9-12)16(17,18)19/h4-9H,3,10,20H2,1-2H3,(H,21,22)/b8-4-,14-11-. The summed E-state index contributed by atoms with van der Waals surface area (Å²) < 4.78 is 37.9. The molecule has 0 aliphatic carbocycles. The third-order valence-corrected chi connectivity index (χ3v) is 2.90. The van der Waals surface area contributed by atoms with Gasteiger partial charge in [0.15, 0.2) is 0 Å². The van der Waals surface area contributed by atoms with E-state index in [0.29, 0.717) is 16.8 Å². The summed E-state index contributed by atoms with van der Waals surface area (Å²) >= 11 is 0. The first kappa shape index (κ1) is 17.8. The summed E-state index contributed by atoms with van der Waals surface area (Å²) in [5.41, 5.74) is 5.95. The van der Waals surface area contributed by atoms with Crippen LogP contribution >= 0.6 is 0 Å². The summed E-state index contributed by atoms with van der Waals surface area (Å²) in [5.74, 6) is -0.415. The van der Waals surface area contributed by atoms with E-state index in [0.717, 1.165) is 18.6 Å². The predicted octanol–water partition coefficient (Wildman–Crippen LogP) is 3.52. The molecule has 0 spiro atoms. The van der Waals surface area contributed by atoms with Crippen molar-refractivity contribution in [1.82, 2.24) is 5.32 Å². The molecule has 0 radical (unpaired) electrons. The fraction of sp³-hybridized carbons (Fsp3) is 0.312. The van der Waals surface area contributed by atoms with Crippen molar-refractivity contribution in [3.8, 4) is 0 Å². The minimum Gasteiger partial charge on any atom is -0.402 e. The Morgan fingerprint density at radius 3 is 2.59 bits per heavy atom. The normalized spacial score (nSPS) is 13.1. The molecule has 0 saturated heterocycles. The van der Waals surface area contributed by atoms with E-state index in [1.54, 1.807) is 19.1 Å². The molecular weight excluding hydrogens is 293 g/mol. The van der Waals surface area contributed by atoms with Gasteiger partial charge in [0.05, 0.1) is 11.1 Å². The first-order valence-electron chi connectivity index (χ1n) is 6.83. The molecule has 1 aromatic rings. The highest BCUT2D eigenvalue weighted by Gasteiger charge is 2.30. The van der Waals surface area contributed by atoms with Crippen LogP contribution in [-0.2, 0) is 17.5 Å². The molecule has 0 unspecified atom stereocenters. The van der Waals surface area contributed by atoms with Crippen molar-refractivity contribution in [2.24, 2.45) is 5.73 Å². The molecule has 120 valence electrons. The van der Waals surface area contributed by atoms with Gasteiger partial charge in [-0.25, -0.2) is 0 Å². The highest BCUT2D eigenvalue weighted by Crippen LogP contribution is 2.29. The molecular formula is C16H19F3N2O. The maximum absolute atomic E-state index is 12.6. The van der Waals surface area contributed by atoms with Crippen LogP contribution in [0.15, 0.2) is 47.7 Å². The van der Waals surface area contributed by atoms with E-state index in [1.165, 1.54) is 12.1 Å². The highest BCUT2D eigenvalue weighted by atomic mass is 19.4. The largest absolute Gasteiger partial charge is 0.416 e. The molecule has 1 rings (SSSR count). The summed E-state index contributed by atoms with van der Waals surface area (Å²) in [6.07, 6.45) is -0.257. The number of carbonyl (C=O) groups excluding carboxylic acids is 1. The molecule has 22 heavy (non-hydrogen) atoms. The second-order valence-corrected chi connectivity index (χ2v) is 4.79. The Balaban J connectivity index is 2.80. The van der Waals surface area contributed by atoms with Gasteiger partial charge in [0.1, 0.15) is 0 Å². The number of nitrogens with one attached hydrogen (secondary N) is 1. The van der Waals surface area contributed by atoms with Crippen molar-refractivity contribution in [2.75, 3.05) is 0 Å². The molecule has 3 nitrogen and oxygen atoms in total. The van der Waals surface area contributed by atoms with Crippen LogP contribution in [0.4, 0.5) is 13.2 Å². The van der Waals surface area contributed by atoms with Crippen molar-refractivity contribution in [3.05, 3.63) is 58.8 Å². The van der Waals surface area contributed by atoms with E-state index in [9.17, 15) is 18.0 Å². The van der Waals surface area contributed by atoms with Gasteiger partial charge in [0.2, 0.25) is 0 Å². The smallest absolute Gasteiger partial charge is 0.402 e. The fourth-order valence-corrected chi connectivity index (χ4v) is 1.76. The molecule has 0 aliphatic rings. The lowest BCUT2D eigenvalue weighted by Crippen LogP contribution is -2.25. The molecule has 0 fully saturated rings. The minimum absolute atomic E-state index is 0.000498. The van der Waals surface area contributed by atoms with Crippen LogP contribution in [0.3, 0.4) is 0 Å². The maximum atomic E-state index is 12.6. The second-order valence-electron chi connectivity index (χ2n) is 4.79. The molecule has 1 amide bonds. The van der Waals surface area contributed by atoms with Crippen LogP contribution in [0, 0.1) is 0 Å². The molecule has 3 N–H and O–H groups in total. The topological polar surface area (TPSA) is 55.1 Å². The van der Waals surface area contributed by atoms with Gasteiger partial charge in [-0.05, 0) is 31.0 Å². The van der Waals surface area contributed by atoms with Gasteiger partial charge in [-0.3, -0.25) is 4.79 Å². The lowest BCUT2D eigenvalue weighted by atomic mass is 10.1. The van der Waals surface area contributed by atoms with Gasteiger partial charge < -0.3 is 11.1 Å². The van der Waals surface area contributed by atoms with Crippen LogP contribution in [0.1, 0.15) is 31.4 Å². The molecule has 0 atom stereocenters. The lowest BCUT2D eigenvalue weighted by molar-refractivity contribution is -0.137. The van der Waals surface area contributed by atoms with Crippen molar-refractivity contribution in [2.45, 2.75) is 33.0 Å². The first-order valence-corrected chi connectivity index (χ1v) is 6.83. The lowest BCUT2D eigenvalue weighted by Gasteiger charge is -2.10. The number of hydrogen-bond donors (Lipinski definition) is 2. The summed E-state index contributed by atoms with van der Waals surface area (Å²) in [7, 11) is 0. The van der Waals surface area contributed by atoms with Crippen molar-refractivity contribution < 1.29 is 18.0 Å². The molecule has 0 saturated carbocycles. The number of rotatable bonds is 5. The summed E-state index contributed by atoms with van der Waals surface area (Å²) in [6.45, 7) is 3.51. The van der Waals surface area contributed by atoms with Crippen molar-refractivity contribution in [1.29, 1.82) is 0 Å². The fourth-order valence-electron chi connectivity index (χ4n) is 1.76. The van der Waals surface area contributed by atoms with E-state index in [4.69, 9.17) is 5.73 Å². The second kappa shape index (κ2) is 7.68. The molecule has 6 heteroatoms. The van der Waals surface area contributed by atoms with E-state index < -0.39 is 17.6 Å². The average Bonchev–Trinajstić information content (AvgIpc) is 2.44. The SMILES string of the molecule is CC/C=C\C(C(=O)NCc1cccc(C(F)(F)F)c1)=C(/C)N. The Labute approximate surface area is 127 Å². The molecule has 0 heterocycles. The van der Waals surface area contributed by atoms with Crippen molar-refractivity contribution >= 4 is 5.91 Å². The van der Waals surface area contributed by atoms with E-state index in [-0.39, 0.29) is 6.54 Å². The highest BCUT2D eigenvalue weighted by molar-refractivity contribution is 5.96. The average molecular weight is 312 g/mol.